The van der Waals surface area contributed by atoms with Crippen LogP contribution in [0.15, 0.2) is 0 Å². The van der Waals surface area contributed by atoms with Gasteiger partial charge in [-0.05, 0) is 13.3 Å². The van der Waals surface area contributed by atoms with Crippen LogP contribution in [0.4, 0.5) is 13.2 Å². The Labute approximate surface area is 88.0 Å². The van der Waals surface area contributed by atoms with E-state index in [4.69, 9.17) is 5.73 Å². The molecule has 0 aliphatic heterocycles. The summed E-state index contributed by atoms with van der Waals surface area (Å²) in [5.41, 5.74) is 2.28. The molecular weight excluding hydrogens is 207 g/mol. The minimum atomic E-state index is -4.66. The molecule has 15 heavy (non-hydrogen) atoms. The molecule has 0 radical (unpaired) electrons. The van der Waals surface area contributed by atoms with Crippen LogP contribution in [0.1, 0.15) is 46.0 Å². The first-order chi connectivity index (χ1) is 6.73. The fraction of sp³-hybridized carbons (Fsp3) is 0.900. The second-order valence-corrected chi connectivity index (χ2v) is 3.93. The van der Waals surface area contributed by atoms with Gasteiger partial charge in [0.15, 0.2) is 11.3 Å². The predicted molar refractivity (Wildman–Crippen MR) is 52.4 cm³/mol. The Morgan fingerprint density at radius 3 is 2.13 bits per heavy atom. The molecule has 0 saturated heterocycles. The lowest BCUT2D eigenvalue weighted by Gasteiger charge is -2.25. The number of nitrogens with two attached hydrogens (primary N) is 1. The molecule has 0 fully saturated rings. The monoisotopic (exact) mass is 225 g/mol. The fourth-order valence-corrected chi connectivity index (χ4v) is 1.13. The van der Waals surface area contributed by atoms with Crippen molar-refractivity contribution < 1.29 is 18.0 Å². The zero-order valence-electron chi connectivity index (χ0n) is 9.16. The van der Waals surface area contributed by atoms with Crippen molar-refractivity contribution in [2.24, 2.45) is 5.73 Å². The Bertz CT molecular complexity index is 211. The number of Topliss-reactive ketones (excluding diaryl/α,β-unsaturated/α-hetero) is 1. The first kappa shape index (κ1) is 14.4. The molecule has 0 aromatic carbocycles. The average Bonchev–Trinajstić information content (AvgIpc) is 2.10. The lowest BCUT2D eigenvalue weighted by atomic mass is 9.93. The zero-order valence-corrected chi connectivity index (χ0v) is 9.16. The highest BCUT2D eigenvalue weighted by atomic mass is 19.4. The highest BCUT2D eigenvalue weighted by Gasteiger charge is 2.52. The third-order valence-electron chi connectivity index (χ3n) is 2.43. The van der Waals surface area contributed by atoms with Crippen molar-refractivity contribution >= 4 is 5.78 Å². The largest absolute Gasteiger partial charge is 0.413 e. The SMILES string of the molecule is CCCCCCC(=O)C(C)(N)C(F)(F)F. The number of unbranched alkanes of at least 4 members (excludes halogenated alkanes) is 3. The van der Waals surface area contributed by atoms with Crippen LogP contribution >= 0.6 is 0 Å². The number of rotatable bonds is 6. The van der Waals surface area contributed by atoms with Crippen molar-refractivity contribution in [2.45, 2.75) is 57.7 Å². The minimum Gasteiger partial charge on any atom is -0.312 e. The van der Waals surface area contributed by atoms with E-state index in [-0.39, 0.29) is 6.42 Å². The van der Waals surface area contributed by atoms with E-state index in [1.54, 1.807) is 0 Å². The van der Waals surface area contributed by atoms with Crippen LogP contribution in [-0.2, 0) is 4.79 Å². The van der Waals surface area contributed by atoms with Crippen molar-refractivity contribution in [3.05, 3.63) is 0 Å². The van der Waals surface area contributed by atoms with Gasteiger partial charge in [-0.1, -0.05) is 26.2 Å². The zero-order chi connectivity index (χ0) is 12.1. The van der Waals surface area contributed by atoms with Crippen LogP contribution < -0.4 is 5.73 Å². The summed E-state index contributed by atoms with van der Waals surface area (Å²) in [5, 5.41) is 0. The van der Waals surface area contributed by atoms with Gasteiger partial charge in [0.1, 0.15) is 0 Å². The van der Waals surface area contributed by atoms with Crippen LogP contribution in [-0.4, -0.2) is 17.5 Å². The third kappa shape index (κ3) is 4.20. The maximum absolute atomic E-state index is 12.3. The summed E-state index contributed by atoms with van der Waals surface area (Å²) in [7, 11) is 0. The van der Waals surface area contributed by atoms with Crippen LogP contribution in [0.5, 0.6) is 0 Å². The molecule has 0 amide bonds. The van der Waals surface area contributed by atoms with Gasteiger partial charge in [-0.2, -0.15) is 13.2 Å². The highest BCUT2D eigenvalue weighted by Crippen LogP contribution is 2.29. The summed E-state index contributed by atoms with van der Waals surface area (Å²) in [4.78, 5) is 11.2. The van der Waals surface area contributed by atoms with E-state index in [9.17, 15) is 18.0 Å². The van der Waals surface area contributed by atoms with Gasteiger partial charge in [0, 0.05) is 6.42 Å². The van der Waals surface area contributed by atoms with Gasteiger partial charge in [-0.15, -0.1) is 0 Å². The molecule has 1 unspecified atom stereocenters. The van der Waals surface area contributed by atoms with Crippen molar-refractivity contribution in [1.29, 1.82) is 0 Å². The average molecular weight is 225 g/mol. The second-order valence-electron chi connectivity index (χ2n) is 3.93. The van der Waals surface area contributed by atoms with Gasteiger partial charge in [0.05, 0.1) is 0 Å². The lowest BCUT2D eigenvalue weighted by Crippen LogP contribution is -2.57. The predicted octanol–water partition coefficient (Wildman–Crippen LogP) is 2.81. The van der Waals surface area contributed by atoms with E-state index >= 15 is 0 Å². The Morgan fingerprint density at radius 2 is 1.73 bits per heavy atom. The molecule has 0 bridgehead atoms. The van der Waals surface area contributed by atoms with Crippen LogP contribution in [0.3, 0.4) is 0 Å². The number of alkyl halides is 3. The maximum atomic E-state index is 12.3. The van der Waals surface area contributed by atoms with E-state index in [2.05, 4.69) is 0 Å². The summed E-state index contributed by atoms with van der Waals surface area (Å²) < 4.78 is 36.9. The van der Waals surface area contributed by atoms with Gasteiger partial charge in [0.2, 0.25) is 0 Å². The van der Waals surface area contributed by atoms with E-state index in [1.165, 1.54) is 0 Å². The summed E-state index contributed by atoms with van der Waals surface area (Å²) in [6.45, 7) is 2.72. The minimum absolute atomic E-state index is 0.0908. The first-order valence-electron chi connectivity index (χ1n) is 5.12. The standard InChI is InChI=1S/C10H18F3NO/c1-3-4-5-6-7-8(15)9(2,14)10(11,12)13/h3-7,14H2,1-2H3. The molecular formula is C10H18F3NO. The molecule has 0 spiro atoms. The fourth-order valence-electron chi connectivity index (χ4n) is 1.13. The molecule has 0 aliphatic carbocycles. The van der Waals surface area contributed by atoms with Crippen LogP contribution in [0.25, 0.3) is 0 Å². The van der Waals surface area contributed by atoms with Crippen molar-refractivity contribution in [3.63, 3.8) is 0 Å². The van der Waals surface area contributed by atoms with E-state index in [0.717, 1.165) is 26.2 Å². The number of halogens is 3. The molecule has 0 heterocycles. The number of carbonyl (C=O) groups is 1. The molecule has 5 heteroatoms. The Hall–Kier alpha value is -0.580. The van der Waals surface area contributed by atoms with Gasteiger partial charge in [0.25, 0.3) is 0 Å². The maximum Gasteiger partial charge on any atom is 0.413 e. The number of ketones is 1. The van der Waals surface area contributed by atoms with Crippen LogP contribution in [0.2, 0.25) is 0 Å². The van der Waals surface area contributed by atoms with Crippen molar-refractivity contribution in [3.8, 4) is 0 Å². The third-order valence-corrected chi connectivity index (χ3v) is 2.43. The van der Waals surface area contributed by atoms with Crippen molar-refractivity contribution in [1.82, 2.24) is 0 Å². The van der Waals surface area contributed by atoms with E-state index < -0.39 is 17.5 Å². The second kappa shape index (κ2) is 5.49. The molecule has 0 saturated carbocycles. The molecule has 2 nitrogen and oxygen atoms in total. The quantitative estimate of drug-likeness (QED) is 0.706. The summed E-state index contributed by atoms with van der Waals surface area (Å²) in [6.07, 6.45) is -1.58. The molecule has 0 aliphatic rings. The Morgan fingerprint density at radius 1 is 1.20 bits per heavy atom. The Balaban J connectivity index is 4.10. The van der Waals surface area contributed by atoms with E-state index in [1.807, 2.05) is 6.92 Å². The van der Waals surface area contributed by atoms with Crippen molar-refractivity contribution in [2.75, 3.05) is 0 Å². The summed E-state index contributed by atoms with van der Waals surface area (Å²) >= 11 is 0. The molecule has 0 rings (SSSR count). The first-order valence-corrected chi connectivity index (χ1v) is 5.12. The Kier molecular flexibility index (Phi) is 5.28. The molecule has 0 aromatic rings. The van der Waals surface area contributed by atoms with Gasteiger partial charge in [-0.3, -0.25) is 4.79 Å². The summed E-state index contributed by atoms with van der Waals surface area (Å²) in [5.74, 6) is -0.925. The highest BCUT2D eigenvalue weighted by molar-refractivity contribution is 5.88. The number of hydrogen-bond donors (Lipinski definition) is 1. The van der Waals surface area contributed by atoms with E-state index in [0.29, 0.717) is 6.42 Å². The number of hydrogen-bond acceptors (Lipinski definition) is 2. The summed E-state index contributed by atoms with van der Waals surface area (Å²) in [6, 6.07) is 0. The van der Waals surface area contributed by atoms with Gasteiger partial charge >= 0.3 is 6.18 Å². The lowest BCUT2D eigenvalue weighted by molar-refractivity contribution is -0.186. The van der Waals surface area contributed by atoms with Gasteiger partial charge in [-0.25, -0.2) is 0 Å². The van der Waals surface area contributed by atoms with Gasteiger partial charge < -0.3 is 5.73 Å². The molecule has 90 valence electrons. The van der Waals surface area contributed by atoms with Crippen LogP contribution in [0, 0.1) is 0 Å². The molecule has 1 atom stereocenters. The molecule has 2 N–H and O–H groups in total. The normalized spacial score (nSPS) is 16.1. The topological polar surface area (TPSA) is 43.1 Å². The molecule has 0 aromatic heterocycles. The number of carbonyl (C=O) groups excluding carboxylic acids is 1. The smallest absolute Gasteiger partial charge is 0.312 e.